The van der Waals surface area contributed by atoms with Crippen LogP contribution in [0, 0.1) is 5.41 Å². The number of amides is 1. The van der Waals surface area contributed by atoms with Gasteiger partial charge in [0.15, 0.2) is 0 Å². The predicted molar refractivity (Wildman–Crippen MR) is 78.4 cm³/mol. The molecule has 0 aliphatic carbocycles. The molecule has 1 heterocycles. The third-order valence-electron chi connectivity index (χ3n) is 3.67. The molecule has 1 N–H and O–H groups in total. The number of rotatable bonds is 7. The largest absolute Gasteiger partial charge is 0.481 e. The molecule has 1 rings (SSSR count). The summed E-state index contributed by atoms with van der Waals surface area (Å²) in [7, 11) is 0. The summed E-state index contributed by atoms with van der Waals surface area (Å²) < 4.78 is 0. The van der Waals surface area contributed by atoms with Gasteiger partial charge >= 0.3 is 5.97 Å². The van der Waals surface area contributed by atoms with Crippen LogP contribution in [0.15, 0.2) is 0 Å². The van der Waals surface area contributed by atoms with Crippen molar-refractivity contribution in [2.75, 3.05) is 24.6 Å². The van der Waals surface area contributed by atoms with Gasteiger partial charge < -0.3 is 10.0 Å². The average molecular weight is 287 g/mol. The Labute approximate surface area is 119 Å². The summed E-state index contributed by atoms with van der Waals surface area (Å²) in [5, 5.41) is 9.23. The van der Waals surface area contributed by atoms with Crippen molar-refractivity contribution in [3.05, 3.63) is 0 Å². The number of nitrogens with zero attached hydrogens (tertiary/aromatic N) is 1. The van der Waals surface area contributed by atoms with Gasteiger partial charge in [-0.2, -0.15) is 11.8 Å². The normalized spacial score (nSPS) is 23.4. The van der Waals surface area contributed by atoms with E-state index in [9.17, 15) is 14.7 Å². The van der Waals surface area contributed by atoms with Gasteiger partial charge in [-0.25, -0.2) is 0 Å². The molecular formula is C14H25NO3S. The molecule has 0 saturated carbocycles. The Morgan fingerprint density at radius 2 is 2.11 bits per heavy atom. The second-order valence-electron chi connectivity index (χ2n) is 5.50. The van der Waals surface area contributed by atoms with E-state index in [1.165, 1.54) is 12.8 Å². The molecule has 19 heavy (non-hydrogen) atoms. The third kappa shape index (κ3) is 5.05. The van der Waals surface area contributed by atoms with Crippen molar-refractivity contribution >= 4 is 23.6 Å². The molecule has 0 aromatic carbocycles. The van der Waals surface area contributed by atoms with E-state index in [1.54, 1.807) is 11.8 Å². The summed E-state index contributed by atoms with van der Waals surface area (Å²) in [6, 6.07) is 0. The summed E-state index contributed by atoms with van der Waals surface area (Å²) in [6.45, 7) is 4.97. The zero-order chi connectivity index (χ0) is 14.3. The minimum absolute atomic E-state index is 0.108. The highest BCUT2D eigenvalue weighted by molar-refractivity contribution is 7.99. The Hall–Kier alpha value is -0.710. The van der Waals surface area contributed by atoms with Crippen LogP contribution in [0.25, 0.3) is 0 Å². The van der Waals surface area contributed by atoms with Crippen molar-refractivity contribution in [2.45, 2.75) is 46.0 Å². The van der Waals surface area contributed by atoms with Crippen molar-refractivity contribution in [2.24, 2.45) is 5.41 Å². The summed E-state index contributed by atoms with van der Waals surface area (Å²) in [4.78, 5) is 25.0. The fraction of sp³-hybridized carbons (Fsp3) is 0.857. The van der Waals surface area contributed by atoms with Crippen LogP contribution in [0.3, 0.4) is 0 Å². The van der Waals surface area contributed by atoms with E-state index in [0.29, 0.717) is 25.9 Å². The molecule has 110 valence electrons. The van der Waals surface area contributed by atoms with Gasteiger partial charge in [-0.3, -0.25) is 9.59 Å². The van der Waals surface area contributed by atoms with E-state index in [1.807, 2.05) is 11.8 Å². The average Bonchev–Trinajstić information content (AvgIpc) is 2.38. The first-order valence-corrected chi connectivity index (χ1v) is 8.24. The fourth-order valence-corrected chi connectivity index (χ4v) is 3.31. The lowest BCUT2D eigenvalue weighted by Crippen LogP contribution is -2.48. The monoisotopic (exact) mass is 287 g/mol. The maximum Gasteiger partial charge on any atom is 0.311 e. The Kier molecular flexibility index (Phi) is 6.69. The van der Waals surface area contributed by atoms with Gasteiger partial charge in [0.2, 0.25) is 5.91 Å². The fourth-order valence-electron chi connectivity index (χ4n) is 2.29. The lowest BCUT2D eigenvalue weighted by Gasteiger charge is -2.37. The van der Waals surface area contributed by atoms with E-state index in [4.69, 9.17) is 0 Å². The van der Waals surface area contributed by atoms with Crippen molar-refractivity contribution < 1.29 is 14.7 Å². The van der Waals surface area contributed by atoms with Gasteiger partial charge in [-0.15, -0.1) is 0 Å². The number of carboxylic acid groups (broad SMARTS) is 1. The summed E-state index contributed by atoms with van der Waals surface area (Å²) in [5.41, 5.74) is -0.761. The SMILES string of the molecule is CCCCSCCC(=O)N1CCCC(C)(C(=O)O)C1. The Morgan fingerprint density at radius 1 is 1.37 bits per heavy atom. The minimum atomic E-state index is -0.790. The maximum atomic E-state index is 12.1. The van der Waals surface area contributed by atoms with Crippen LogP contribution >= 0.6 is 11.8 Å². The second kappa shape index (κ2) is 7.78. The van der Waals surface area contributed by atoms with Gasteiger partial charge in [0.1, 0.15) is 0 Å². The van der Waals surface area contributed by atoms with Crippen LogP contribution < -0.4 is 0 Å². The quantitative estimate of drug-likeness (QED) is 0.731. The Balaban J connectivity index is 2.34. The number of carbonyl (C=O) groups excluding carboxylic acids is 1. The molecule has 1 saturated heterocycles. The van der Waals surface area contributed by atoms with Gasteiger partial charge in [0, 0.05) is 25.3 Å². The third-order valence-corrected chi connectivity index (χ3v) is 4.74. The van der Waals surface area contributed by atoms with Gasteiger partial charge in [0.25, 0.3) is 0 Å². The standard InChI is InChI=1S/C14H25NO3S/c1-3-4-9-19-10-6-12(16)15-8-5-7-14(2,11-15)13(17)18/h3-11H2,1-2H3,(H,17,18). The van der Waals surface area contributed by atoms with Crippen molar-refractivity contribution in [3.63, 3.8) is 0 Å². The number of likely N-dealkylation sites (tertiary alicyclic amines) is 1. The molecule has 4 nitrogen and oxygen atoms in total. The molecule has 5 heteroatoms. The number of hydrogen-bond acceptors (Lipinski definition) is 3. The highest BCUT2D eigenvalue weighted by Crippen LogP contribution is 2.30. The highest BCUT2D eigenvalue weighted by Gasteiger charge is 2.39. The molecule has 0 bridgehead atoms. The van der Waals surface area contributed by atoms with Crippen LogP contribution in [-0.4, -0.2) is 46.5 Å². The summed E-state index contributed by atoms with van der Waals surface area (Å²) in [5.74, 6) is 1.27. The van der Waals surface area contributed by atoms with Crippen molar-refractivity contribution in [1.82, 2.24) is 4.90 Å². The van der Waals surface area contributed by atoms with E-state index in [0.717, 1.165) is 17.9 Å². The number of piperidine rings is 1. The molecule has 1 atom stereocenters. The first kappa shape index (κ1) is 16.3. The van der Waals surface area contributed by atoms with Gasteiger partial charge in [-0.1, -0.05) is 13.3 Å². The van der Waals surface area contributed by atoms with Crippen molar-refractivity contribution in [1.29, 1.82) is 0 Å². The lowest BCUT2D eigenvalue weighted by molar-refractivity contribution is -0.153. The number of unbranched alkanes of at least 4 members (excludes halogenated alkanes) is 1. The number of thioether (sulfide) groups is 1. The van der Waals surface area contributed by atoms with Gasteiger partial charge in [-0.05, 0) is 31.9 Å². The zero-order valence-corrected chi connectivity index (χ0v) is 12.8. The molecule has 1 aliphatic rings. The maximum absolute atomic E-state index is 12.1. The smallest absolute Gasteiger partial charge is 0.311 e. The van der Waals surface area contributed by atoms with E-state index in [2.05, 4.69) is 6.92 Å². The van der Waals surface area contributed by atoms with Crippen molar-refractivity contribution in [3.8, 4) is 0 Å². The highest BCUT2D eigenvalue weighted by atomic mass is 32.2. The van der Waals surface area contributed by atoms with Crippen LogP contribution in [0.1, 0.15) is 46.0 Å². The van der Waals surface area contributed by atoms with Crippen LogP contribution in [0.2, 0.25) is 0 Å². The van der Waals surface area contributed by atoms with Crippen LogP contribution in [0.5, 0.6) is 0 Å². The van der Waals surface area contributed by atoms with Gasteiger partial charge in [0.05, 0.1) is 5.41 Å². The number of hydrogen-bond donors (Lipinski definition) is 1. The first-order valence-electron chi connectivity index (χ1n) is 7.08. The lowest BCUT2D eigenvalue weighted by atomic mass is 9.82. The molecule has 0 radical (unpaired) electrons. The molecule has 1 amide bonds. The molecule has 1 fully saturated rings. The second-order valence-corrected chi connectivity index (χ2v) is 6.73. The number of carboxylic acids is 1. The zero-order valence-electron chi connectivity index (χ0n) is 12.0. The number of aliphatic carboxylic acids is 1. The van der Waals surface area contributed by atoms with E-state index >= 15 is 0 Å². The van der Waals surface area contributed by atoms with E-state index < -0.39 is 11.4 Å². The number of carbonyl (C=O) groups is 2. The minimum Gasteiger partial charge on any atom is -0.481 e. The Morgan fingerprint density at radius 3 is 2.74 bits per heavy atom. The summed E-state index contributed by atoms with van der Waals surface area (Å²) >= 11 is 1.81. The molecular weight excluding hydrogens is 262 g/mol. The van der Waals surface area contributed by atoms with E-state index in [-0.39, 0.29) is 5.91 Å². The first-order chi connectivity index (χ1) is 8.99. The topological polar surface area (TPSA) is 57.6 Å². The molecule has 1 unspecified atom stereocenters. The molecule has 0 spiro atoms. The molecule has 1 aliphatic heterocycles. The van der Waals surface area contributed by atoms with Crippen LogP contribution in [0.4, 0.5) is 0 Å². The predicted octanol–water partition coefficient (Wildman–Crippen LogP) is 2.62. The Bertz CT molecular complexity index is 322. The molecule has 0 aromatic rings. The molecule has 0 aromatic heterocycles. The summed E-state index contributed by atoms with van der Waals surface area (Å²) in [6.07, 6.45) is 4.36. The van der Waals surface area contributed by atoms with Crippen LogP contribution in [-0.2, 0) is 9.59 Å².